The third kappa shape index (κ3) is 3.91. The number of ketones is 1. The number of anilines is 1. The van der Waals surface area contributed by atoms with Gasteiger partial charge in [0, 0.05) is 51.4 Å². The van der Waals surface area contributed by atoms with E-state index in [4.69, 9.17) is 9.47 Å². The van der Waals surface area contributed by atoms with Crippen LogP contribution in [0.3, 0.4) is 0 Å². The summed E-state index contributed by atoms with van der Waals surface area (Å²) in [6.07, 6.45) is 1.16. The molecule has 0 radical (unpaired) electrons. The molecule has 6 nitrogen and oxygen atoms in total. The average molecular weight is 485 g/mol. The monoisotopic (exact) mass is 484 g/mol. The number of ether oxygens (including phenoxy) is 2. The number of carbonyl (C=O) groups is 2. The first kappa shape index (κ1) is 21.7. The Morgan fingerprint density at radius 2 is 1.86 bits per heavy atom. The number of Topliss-reactive ketones (excluding diaryl/α,β-unsaturated/α-hetero) is 1. The zero-order chi connectivity index (χ0) is 23.9. The van der Waals surface area contributed by atoms with Gasteiger partial charge in [-0.15, -0.1) is 11.3 Å². The van der Waals surface area contributed by atoms with E-state index in [1.165, 1.54) is 4.88 Å². The molecule has 1 amide bonds. The van der Waals surface area contributed by atoms with E-state index in [1.807, 2.05) is 66.9 Å². The second-order valence-corrected chi connectivity index (χ2v) is 9.94. The Morgan fingerprint density at radius 1 is 1.03 bits per heavy atom. The van der Waals surface area contributed by atoms with E-state index in [-0.39, 0.29) is 24.4 Å². The second-order valence-electron chi connectivity index (χ2n) is 8.97. The fourth-order valence-corrected chi connectivity index (χ4v) is 6.04. The molecule has 2 aromatic carbocycles. The van der Waals surface area contributed by atoms with Crippen LogP contribution in [0.2, 0.25) is 0 Å². The van der Waals surface area contributed by atoms with Crippen molar-refractivity contribution in [1.82, 2.24) is 5.32 Å². The van der Waals surface area contributed by atoms with Gasteiger partial charge >= 0.3 is 0 Å². The van der Waals surface area contributed by atoms with Crippen molar-refractivity contribution in [1.29, 1.82) is 0 Å². The third-order valence-electron chi connectivity index (χ3n) is 6.78. The number of nitrogens with one attached hydrogen (secondary N) is 2. The Hall–Kier alpha value is -3.84. The largest absolute Gasteiger partial charge is 0.454 e. The van der Waals surface area contributed by atoms with Gasteiger partial charge in [0.05, 0.1) is 0 Å². The fourth-order valence-electron chi connectivity index (χ4n) is 5.21. The molecule has 2 N–H and O–H groups in total. The molecule has 0 fully saturated rings. The average Bonchev–Trinajstić information content (AvgIpc) is 3.55. The molecule has 1 aliphatic carbocycles. The van der Waals surface area contributed by atoms with E-state index < -0.39 is 5.92 Å². The molecule has 0 saturated heterocycles. The van der Waals surface area contributed by atoms with Gasteiger partial charge in [0.2, 0.25) is 6.79 Å². The number of carbonyl (C=O) groups excluding carboxylic acids is 2. The molecule has 2 aliphatic heterocycles. The number of thiophene rings is 1. The van der Waals surface area contributed by atoms with Crippen LogP contribution >= 0.6 is 11.3 Å². The summed E-state index contributed by atoms with van der Waals surface area (Å²) in [5, 5.41) is 8.49. The van der Waals surface area contributed by atoms with Crippen molar-refractivity contribution in [3.8, 4) is 11.5 Å². The van der Waals surface area contributed by atoms with E-state index in [1.54, 1.807) is 11.3 Å². The number of fused-ring (bicyclic) bond motifs is 1. The van der Waals surface area contributed by atoms with E-state index in [0.717, 1.165) is 23.4 Å². The number of hydrogen-bond acceptors (Lipinski definition) is 6. The van der Waals surface area contributed by atoms with Gasteiger partial charge in [-0.25, -0.2) is 0 Å². The minimum Gasteiger partial charge on any atom is -0.454 e. The summed E-state index contributed by atoms with van der Waals surface area (Å²) in [5.74, 6) is 0.768. The molecule has 6 rings (SSSR count). The van der Waals surface area contributed by atoms with E-state index in [2.05, 4.69) is 16.7 Å². The lowest BCUT2D eigenvalue weighted by Crippen LogP contribution is -2.37. The third-order valence-corrected chi connectivity index (χ3v) is 7.81. The molecule has 3 heterocycles. The lowest BCUT2D eigenvalue weighted by molar-refractivity contribution is -0.116. The standard InChI is InChI=1S/C28H24N2O4S/c1-16-25(28(32)30-19-6-3-2-4-7-19)26(17-9-10-22-23(14-17)34-15-33-22)27-20(29-16)12-18(13-21(27)31)24-8-5-11-35-24/h2-11,14,18,26,29H,12-13,15H2,1H3,(H,30,32). The highest BCUT2D eigenvalue weighted by Gasteiger charge is 2.41. The molecule has 0 spiro atoms. The topological polar surface area (TPSA) is 76.7 Å². The number of dihydropyridines is 1. The summed E-state index contributed by atoms with van der Waals surface area (Å²) >= 11 is 1.68. The van der Waals surface area contributed by atoms with Crippen LogP contribution in [0, 0.1) is 0 Å². The molecule has 3 aliphatic rings. The van der Waals surface area contributed by atoms with Gasteiger partial charge in [0.15, 0.2) is 17.3 Å². The molecule has 0 bridgehead atoms. The van der Waals surface area contributed by atoms with E-state index in [0.29, 0.717) is 34.8 Å². The lowest BCUT2D eigenvalue weighted by Gasteiger charge is -2.36. The zero-order valence-electron chi connectivity index (χ0n) is 19.2. The summed E-state index contributed by atoms with van der Waals surface area (Å²) in [7, 11) is 0. The van der Waals surface area contributed by atoms with Gasteiger partial charge in [-0.1, -0.05) is 30.3 Å². The predicted molar refractivity (Wildman–Crippen MR) is 135 cm³/mol. The van der Waals surface area contributed by atoms with Gasteiger partial charge < -0.3 is 20.1 Å². The van der Waals surface area contributed by atoms with Crippen LogP contribution in [0.15, 0.2) is 88.6 Å². The van der Waals surface area contributed by atoms with Crippen molar-refractivity contribution in [2.24, 2.45) is 0 Å². The molecule has 3 aromatic rings. The Balaban J connectivity index is 1.43. The first-order chi connectivity index (χ1) is 17.1. The van der Waals surface area contributed by atoms with Crippen molar-refractivity contribution >= 4 is 28.7 Å². The van der Waals surface area contributed by atoms with Gasteiger partial charge in [-0.2, -0.15) is 0 Å². The van der Waals surface area contributed by atoms with Gasteiger partial charge in [0.1, 0.15) is 0 Å². The van der Waals surface area contributed by atoms with Crippen LogP contribution in [0.1, 0.15) is 42.0 Å². The predicted octanol–water partition coefficient (Wildman–Crippen LogP) is 5.48. The molecular weight excluding hydrogens is 460 g/mol. The van der Waals surface area contributed by atoms with Gasteiger partial charge in [0.25, 0.3) is 5.91 Å². The molecule has 7 heteroatoms. The fraction of sp³-hybridized carbons (Fsp3) is 0.214. The number of benzene rings is 2. The van der Waals surface area contributed by atoms with Crippen LogP contribution in [0.4, 0.5) is 5.69 Å². The van der Waals surface area contributed by atoms with Gasteiger partial charge in [-0.3, -0.25) is 9.59 Å². The quantitative estimate of drug-likeness (QED) is 0.513. The van der Waals surface area contributed by atoms with E-state index >= 15 is 0 Å². The Bertz CT molecular complexity index is 1380. The van der Waals surface area contributed by atoms with Gasteiger partial charge in [-0.05, 0) is 54.6 Å². The van der Waals surface area contributed by atoms with Crippen molar-refractivity contribution < 1.29 is 19.1 Å². The maximum atomic E-state index is 13.7. The summed E-state index contributed by atoms with van der Waals surface area (Å²) in [6.45, 7) is 2.07. The van der Waals surface area contributed by atoms with Crippen LogP contribution in [0.5, 0.6) is 11.5 Å². The normalized spacial score (nSPS) is 21.0. The second kappa shape index (κ2) is 8.74. The van der Waals surface area contributed by atoms with Crippen LogP contribution in [-0.2, 0) is 9.59 Å². The van der Waals surface area contributed by atoms with Crippen LogP contribution < -0.4 is 20.1 Å². The molecule has 2 unspecified atom stereocenters. The number of rotatable bonds is 4. The van der Waals surface area contributed by atoms with Crippen molar-refractivity contribution in [3.63, 3.8) is 0 Å². The van der Waals surface area contributed by atoms with E-state index in [9.17, 15) is 9.59 Å². The summed E-state index contributed by atoms with van der Waals surface area (Å²) in [5.41, 5.74) is 4.39. The summed E-state index contributed by atoms with van der Waals surface area (Å²) < 4.78 is 11.1. The first-order valence-corrected chi connectivity index (χ1v) is 12.5. The number of amides is 1. The maximum Gasteiger partial charge on any atom is 0.254 e. The Labute approximate surface area is 207 Å². The number of allylic oxidation sites excluding steroid dienone is 3. The molecule has 176 valence electrons. The highest BCUT2D eigenvalue weighted by Crippen LogP contribution is 2.47. The highest BCUT2D eigenvalue weighted by atomic mass is 32.1. The Kier molecular flexibility index (Phi) is 5.41. The number of para-hydroxylation sites is 1. The highest BCUT2D eigenvalue weighted by molar-refractivity contribution is 7.10. The minimum absolute atomic E-state index is 0.0670. The smallest absolute Gasteiger partial charge is 0.254 e. The first-order valence-electron chi connectivity index (χ1n) is 11.6. The molecule has 1 aromatic heterocycles. The number of hydrogen-bond donors (Lipinski definition) is 2. The molecule has 2 atom stereocenters. The van der Waals surface area contributed by atoms with Crippen LogP contribution in [-0.4, -0.2) is 18.5 Å². The maximum absolute atomic E-state index is 13.7. The minimum atomic E-state index is -0.499. The molecule has 35 heavy (non-hydrogen) atoms. The van der Waals surface area contributed by atoms with Crippen molar-refractivity contribution in [2.45, 2.75) is 31.6 Å². The zero-order valence-corrected chi connectivity index (χ0v) is 20.0. The molecule has 0 saturated carbocycles. The summed E-state index contributed by atoms with van der Waals surface area (Å²) in [6, 6.07) is 19.1. The van der Waals surface area contributed by atoms with Crippen LogP contribution in [0.25, 0.3) is 0 Å². The molecular formula is C28H24N2O4S. The Morgan fingerprint density at radius 3 is 2.66 bits per heavy atom. The lowest BCUT2D eigenvalue weighted by atomic mass is 9.72. The van der Waals surface area contributed by atoms with Crippen molar-refractivity contribution in [2.75, 3.05) is 12.1 Å². The summed E-state index contributed by atoms with van der Waals surface area (Å²) in [4.78, 5) is 28.5. The van der Waals surface area contributed by atoms with Crippen molar-refractivity contribution in [3.05, 3.63) is 99.0 Å². The SMILES string of the molecule is CC1=C(C(=O)Nc2ccccc2)C(c2ccc3c(c2)OCO3)C2=C(CC(c3cccs3)CC2=O)N1.